The highest BCUT2D eigenvalue weighted by Crippen LogP contribution is 2.13. The number of morpholine rings is 1. The van der Waals surface area contributed by atoms with Crippen molar-refractivity contribution in [3.8, 4) is 0 Å². The molecule has 0 aromatic carbocycles. The molecule has 0 bridgehead atoms. The minimum Gasteiger partial charge on any atom is -0.374 e. The van der Waals surface area contributed by atoms with Crippen LogP contribution in [0.2, 0.25) is 0 Å². The summed E-state index contributed by atoms with van der Waals surface area (Å²) in [6.45, 7) is 9.21. The Labute approximate surface area is 120 Å². The second-order valence-electron chi connectivity index (χ2n) is 5.77. The number of carbonyl (C=O) groups is 2. The molecule has 2 saturated heterocycles. The van der Waals surface area contributed by atoms with E-state index in [1.54, 1.807) is 0 Å². The molecular weight excluding hydrogens is 258 g/mol. The number of imide groups is 1. The van der Waals surface area contributed by atoms with Gasteiger partial charge in [-0.3, -0.25) is 24.7 Å². The number of hydrogen-bond acceptors (Lipinski definition) is 5. The van der Waals surface area contributed by atoms with E-state index in [-0.39, 0.29) is 30.5 Å². The zero-order valence-corrected chi connectivity index (χ0v) is 12.6. The van der Waals surface area contributed by atoms with Crippen LogP contribution < -0.4 is 5.32 Å². The Hall–Kier alpha value is -0.980. The van der Waals surface area contributed by atoms with Gasteiger partial charge in [0.2, 0.25) is 11.8 Å². The van der Waals surface area contributed by atoms with Gasteiger partial charge in [0.15, 0.2) is 0 Å². The second-order valence-corrected chi connectivity index (χ2v) is 5.77. The van der Waals surface area contributed by atoms with Crippen molar-refractivity contribution < 1.29 is 14.3 Å². The molecule has 2 aliphatic rings. The summed E-state index contributed by atoms with van der Waals surface area (Å²) in [7, 11) is 0. The summed E-state index contributed by atoms with van der Waals surface area (Å²) in [5, 5.41) is 2.97. The minimum absolute atomic E-state index is 0.0744. The van der Waals surface area contributed by atoms with Crippen LogP contribution >= 0.6 is 0 Å². The lowest BCUT2D eigenvalue weighted by molar-refractivity contribution is -0.153. The Kier molecular flexibility index (Phi) is 5.12. The fourth-order valence-electron chi connectivity index (χ4n) is 2.74. The van der Waals surface area contributed by atoms with E-state index < -0.39 is 0 Å². The highest BCUT2D eigenvalue weighted by atomic mass is 16.5. The summed E-state index contributed by atoms with van der Waals surface area (Å²) in [5.41, 5.74) is 0. The van der Waals surface area contributed by atoms with Gasteiger partial charge in [0.05, 0.1) is 31.8 Å². The molecule has 2 aliphatic heterocycles. The lowest BCUT2D eigenvalue weighted by atomic mass is 10.1. The predicted octanol–water partition coefficient (Wildman–Crippen LogP) is -0.167. The van der Waals surface area contributed by atoms with Crippen LogP contribution in [0.1, 0.15) is 27.2 Å². The fourth-order valence-corrected chi connectivity index (χ4v) is 2.74. The number of ether oxygens (including phenoxy) is 1. The molecule has 2 heterocycles. The van der Waals surface area contributed by atoms with Gasteiger partial charge in [-0.05, 0) is 20.3 Å². The van der Waals surface area contributed by atoms with Gasteiger partial charge in [-0.25, -0.2) is 0 Å². The van der Waals surface area contributed by atoms with Crippen LogP contribution in [-0.4, -0.2) is 72.6 Å². The standard InChI is InChI=1S/C14H25N3O3/c1-4-12-14(19)17(13(18)7-15-12)9-11-8-16(10(2)3)5-6-20-11/h10-12,15H,4-9H2,1-3H3. The van der Waals surface area contributed by atoms with E-state index in [2.05, 4.69) is 24.1 Å². The highest BCUT2D eigenvalue weighted by molar-refractivity contribution is 6.01. The van der Waals surface area contributed by atoms with Crippen molar-refractivity contribution in [2.24, 2.45) is 0 Å². The van der Waals surface area contributed by atoms with Gasteiger partial charge in [-0.2, -0.15) is 0 Å². The van der Waals surface area contributed by atoms with E-state index in [1.807, 2.05) is 6.92 Å². The van der Waals surface area contributed by atoms with E-state index in [1.165, 1.54) is 4.90 Å². The van der Waals surface area contributed by atoms with E-state index in [0.717, 1.165) is 13.1 Å². The van der Waals surface area contributed by atoms with Crippen molar-refractivity contribution >= 4 is 11.8 Å². The average molecular weight is 283 g/mol. The Morgan fingerprint density at radius 1 is 1.40 bits per heavy atom. The van der Waals surface area contributed by atoms with Crippen molar-refractivity contribution in [1.29, 1.82) is 0 Å². The number of nitrogens with one attached hydrogen (secondary N) is 1. The average Bonchev–Trinajstić information content (AvgIpc) is 2.44. The largest absolute Gasteiger partial charge is 0.374 e. The molecule has 20 heavy (non-hydrogen) atoms. The summed E-state index contributed by atoms with van der Waals surface area (Å²) in [6, 6.07) is 0.219. The molecule has 0 aliphatic carbocycles. The van der Waals surface area contributed by atoms with Gasteiger partial charge >= 0.3 is 0 Å². The fraction of sp³-hybridized carbons (Fsp3) is 0.857. The molecule has 2 unspecified atom stereocenters. The van der Waals surface area contributed by atoms with E-state index in [4.69, 9.17) is 4.74 Å². The number of hydrogen-bond donors (Lipinski definition) is 1. The van der Waals surface area contributed by atoms with Gasteiger partial charge in [0.25, 0.3) is 0 Å². The van der Waals surface area contributed by atoms with Crippen LogP contribution in [0.25, 0.3) is 0 Å². The molecule has 0 saturated carbocycles. The molecule has 2 fully saturated rings. The zero-order chi connectivity index (χ0) is 14.7. The van der Waals surface area contributed by atoms with Crippen LogP contribution in [-0.2, 0) is 14.3 Å². The summed E-state index contributed by atoms with van der Waals surface area (Å²) in [4.78, 5) is 27.9. The number of piperazine rings is 1. The zero-order valence-electron chi connectivity index (χ0n) is 12.6. The molecule has 6 nitrogen and oxygen atoms in total. The third-order valence-electron chi connectivity index (χ3n) is 4.06. The van der Waals surface area contributed by atoms with Gasteiger partial charge in [-0.1, -0.05) is 6.92 Å². The van der Waals surface area contributed by atoms with Gasteiger partial charge in [0.1, 0.15) is 0 Å². The van der Waals surface area contributed by atoms with Crippen LogP contribution in [0, 0.1) is 0 Å². The first-order chi connectivity index (χ1) is 9.52. The smallest absolute Gasteiger partial charge is 0.246 e. The lowest BCUT2D eigenvalue weighted by Gasteiger charge is -2.39. The molecule has 2 amide bonds. The van der Waals surface area contributed by atoms with Gasteiger partial charge in [-0.15, -0.1) is 0 Å². The van der Waals surface area contributed by atoms with Crippen LogP contribution in [0.5, 0.6) is 0 Å². The molecular formula is C14H25N3O3. The number of nitrogens with zero attached hydrogens (tertiary/aromatic N) is 2. The Morgan fingerprint density at radius 3 is 2.80 bits per heavy atom. The quantitative estimate of drug-likeness (QED) is 0.726. The van der Waals surface area contributed by atoms with Crippen molar-refractivity contribution in [3.63, 3.8) is 0 Å². The molecule has 0 spiro atoms. The number of carbonyl (C=O) groups excluding carboxylic acids is 2. The normalized spacial score (nSPS) is 29.3. The molecule has 6 heteroatoms. The predicted molar refractivity (Wildman–Crippen MR) is 75.3 cm³/mol. The minimum atomic E-state index is -0.238. The highest BCUT2D eigenvalue weighted by Gasteiger charge is 2.35. The lowest BCUT2D eigenvalue weighted by Crippen LogP contribution is -2.61. The van der Waals surface area contributed by atoms with E-state index in [0.29, 0.717) is 25.6 Å². The third-order valence-corrected chi connectivity index (χ3v) is 4.06. The van der Waals surface area contributed by atoms with Gasteiger partial charge in [0, 0.05) is 19.1 Å². The maximum Gasteiger partial charge on any atom is 0.246 e. The van der Waals surface area contributed by atoms with Crippen molar-refractivity contribution in [1.82, 2.24) is 15.1 Å². The van der Waals surface area contributed by atoms with Crippen LogP contribution in [0.15, 0.2) is 0 Å². The van der Waals surface area contributed by atoms with Crippen molar-refractivity contribution in [2.45, 2.75) is 45.4 Å². The summed E-state index contributed by atoms with van der Waals surface area (Å²) < 4.78 is 5.72. The molecule has 2 atom stereocenters. The molecule has 0 radical (unpaired) electrons. The Morgan fingerprint density at radius 2 is 2.15 bits per heavy atom. The second kappa shape index (κ2) is 6.65. The van der Waals surface area contributed by atoms with Crippen molar-refractivity contribution in [3.05, 3.63) is 0 Å². The van der Waals surface area contributed by atoms with Crippen LogP contribution in [0.3, 0.4) is 0 Å². The number of amides is 2. The molecule has 0 aromatic rings. The molecule has 1 N–H and O–H groups in total. The summed E-state index contributed by atoms with van der Waals surface area (Å²) in [5.74, 6) is -0.265. The monoisotopic (exact) mass is 283 g/mol. The van der Waals surface area contributed by atoms with Crippen molar-refractivity contribution in [2.75, 3.05) is 32.8 Å². The SMILES string of the molecule is CCC1NCC(=O)N(CC2CN(C(C)C)CCO2)C1=O. The third kappa shape index (κ3) is 3.37. The maximum atomic E-state index is 12.2. The molecule has 2 rings (SSSR count). The van der Waals surface area contributed by atoms with Crippen LogP contribution in [0.4, 0.5) is 0 Å². The summed E-state index contributed by atoms with van der Waals surface area (Å²) >= 11 is 0. The first-order valence-electron chi connectivity index (χ1n) is 7.46. The maximum absolute atomic E-state index is 12.2. The molecule has 0 aromatic heterocycles. The topological polar surface area (TPSA) is 61.9 Å². The first kappa shape index (κ1) is 15.4. The number of rotatable bonds is 4. The molecule has 114 valence electrons. The Bertz CT molecular complexity index is 373. The van der Waals surface area contributed by atoms with E-state index in [9.17, 15) is 9.59 Å². The van der Waals surface area contributed by atoms with E-state index >= 15 is 0 Å². The van der Waals surface area contributed by atoms with Gasteiger partial charge < -0.3 is 4.74 Å². The Balaban J connectivity index is 1.97. The first-order valence-corrected chi connectivity index (χ1v) is 7.46. The summed E-state index contributed by atoms with van der Waals surface area (Å²) in [6.07, 6.45) is 0.626.